The molecule has 0 spiro atoms. The number of hydrogen-bond donors (Lipinski definition) is 3. The van der Waals surface area contributed by atoms with E-state index < -0.39 is 0 Å². The molecular formula is C16H22N4O2S. The van der Waals surface area contributed by atoms with Gasteiger partial charge in [-0.05, 0) is 25.5 Å². The van der Waals surface area contributed by atoms with Crippen LogP contribution in [0.5, 0.6) is 5.75 Å². The molecular weight excluding hydrogens is 312 g/mol. The summed E-state index contributed by atoms with van der Waals surface area (Å²) in [6, 6.07) is 5.49. The fourth-order valence-corrected chi connectivity index (χ4v) is 2.59. The lowest BCUT2D eigenvalue weighted by molar-refractivity contribution is 0.102. The third kappa shape index (κ3) is 4.85. The fourth-order valence-electron chi connectivity index (χ4n) is 2.01. The Balaban J connectivity index is 2.14. The number of thiazole rings is 1. The average molecular weight is 334 g/mol. The Morgan fingerprint density at radius 3 is 2.87 bits per heavy atom. The number of nitrogen functional groups attached to an aromatic ring is 1. The van der Waals surface area contributed by atoms with Crippen molar-refractivity contribution in [3.63, 3.8) is 0 Å². The van der Waals surface area contributed by atoms with E-state index >= 15 is 0 Å². The summed E-state index contributed by atoms with van der Waals surface area (Å²) in [5.74, 6) is 0.291. The maximum Gasteiger partial charge on any atom is 0.261 e. The number of amides is 1. The molecule has 23 heavy (non-hydrogen) atoms. The number of anilines is 3. The molecule has 0 aliphatic heterocycles. The fraction of sp³-hybridized carbons (Fsp3) is 0.375. The second-order valence-electron chi connectivity index (χ2n) is 4.95. The predicted molar refractivity (Wildman–Crippen MR) is 95.5 cm³/mol. The Morgan fingerprint density at radius 1 is 1.39 bits per heavy atom. The van der Waals surface area contributed by atoms with Gasteiger partial charge in [-0.25, -0.2) is 4.98 Å². The van der Waals surface area contributed by atoms with Crippen molar-refractivity contribution in [1.82, 2.24) is 4.98 Å². The van der Waals surface area contributed by atoms with Crippen LogP contribution in [0.1, 0.15) is 37.0 Å². The van der Waals surface area contributed by atoms with Crippen LogP contribution in [-0.4, -0.2) is 24.0 Å². The number of ether oxygens (including phenoxy) is 1. The van der Waals surface area contributed by atoms with Crippen LogP contribution >= 0.6 is 11.3 Å². The van der Waals surface area contributed by atoms with Gasteiger partial charge in [0.05, 0.1) is 18.4 Å². The van der Waals surface area contributed by atoms with Gasteiger partial charge in [-0.1, -0.05) is 24.7 Å². The van der Waals surface area contributed by atoms with Crippen LogP contribution in [0.25, 0.3) is 0 Å². The van der Waals surface area contributed by atoms with Gasteiger partial charge in [0.1, 0.15) is 10.8 Å². The van der Waals surface area contributed by atoms with Crippen molar-refractivity contribution in [2.75, 3.05) is 29.5 Å². The minimum atomic E-state index is -0.261. The molecule has 0 aliphatic carbocycles. The number of nitrogens with two attached hydrogens (primary N) is 1. The maximum absolute atomic E-state index is 12.4. The first-order valence-corrected chi connectivity index (χ1v) is 8.49. The van der Waals surface area contributed by atoms with E-state index in [0.29, 0.717) is 28.1 Å². The first-order valence-electron chi connectivity index (χ1n) is 7.67. The lowest BCUT2D eigenvalue weighted by Gasteiger charge is -2.13. The quantitative estimate of drug-likeness (QED) is 0.642. The number of nitrogens with one attached hydrogen (secondary N) is 2. The van der Waals surface area contributed by atoms with Gasteiger partial charge < -0.3 is 15.8 Å². The van der Waals surface area contributed by atoms with E-state index in [-0.39, 0.29) is 5.91 Å². The average Bonchev–Trinajstić information content (AvgIpc) is 2.93. The highest BCUT2D eigenvalue weighted by Crippen LogP contribution is 2.26. The molecule has 0 radical (unpaired) electrons. The summed E-state index contributed by atoms with van der Waals surface area (Å²) in [5, 5.41) is 7.09. The van der Waals surface area contributed by atoms with E-state index in [1.165, 1.54) is 17.5 Å². The third-order valence-corrected chi connectivity index (χ3v) is 3.87. The smallest absolute Gasteiger partial charge is 0.261 e. The summed E-state index contributed by atoms with van der Waals surface area (Å²) >= 11 is 1.23. The van der Waals surface area contributed by atoms with E-state index in [1.807, 2.05) is 19.1 Å². The third-order valence-electron chi connectivity index (χ3n) is 3.13. The van der Waals surface area contributed by atoms with E-state index in [1.54, 1.807) is 6.07 Å². The highest BCUT2D eigenvalue weighted by Gasteiger charge is 2.15. The van der Waals surface area contributed by atoms with E-state index in [4.69, 9.17) is 10.5 Å². The topological polar surface area (TPSA) is 89.3 Å². The molecule has 2 rings (SSSR count). The van der Waals surface area contributed by atoms with E-state index in [9.17, 15) is 4.79 Å². The van der Waals surface area contributed by atoms with Crippen molar-refractivity contribution in [3.8, 4) is 5.75 Å². The van der Waals surface area contributed by atoms with Crippen LogP contribution in [-0.2, 0) is 0 Å². The standard InChI is InChI=1S/C16H22N4O2S/c1-3-5-8-18-11-6-7-12(13(9-11)22-4-2)15(21)20-16-19-10-14(17)23-16/h6-7,9-10,18H,3-5,8,17H2,1-2H3,(H,19,20,21). The van der Waals surface area contributed by atoms with Gasteiger partial charge in [-0.2, -0.15) is 0 Å². The van der Waals surface area contributed by atoms with Crippen molar-refractivity contribution in [3.05, 3.63) is 30.0 Å². The number of carbonyl (C=O) groups excluding carboxylic acids is 1. The Bertz CT molecular complexity index is 657. The molecule has 2 aromatic rings. The lowest BCUT2D eigenvalue weighted by Crippen LogP contribution is -2.14. The molecule has 1 aromatic heterocycles. The van der Waals surface area contributed by atoms with Crippen molar-refractivity contribution in [1.29, 1.82) is 0 Å². The first kappa shape index (κ1) is 17.1. The number of rotatable bonds is 8. The molecule has 7 heteroatoms. The molecule has 0 unspecified atom stereocenters. The summed E-state index contributed by atoms with van der Waals surface area (Å²) in [6.07, 6.45) is 3.74. The second-order valence-corrected chi connectivity index (χ2v) is 6.01. The Morgan fingerprint density at radius 2 is 2.22 bits per heavy atom. The van der Waals surface area contributed by atoms with Crippen LogP contribution < -0.4 is 21.1 Å². The minimum Gasteiger partial charge on any atom is -0.493 e. The number of aromatic nitrogens is 1. The zero-order valence-electron chi connectivity index (χ0n) is 13.4. The lowest BCUT2D eigenvalue weighted by atomic mass is 10.1. The van der Waals surface area contributed by atoms with Crippen LogP contribution in [0.2, 0.25) is 0 Å². The SMILES string of the molecule is CCCCNc1ccc(C(=O)Nc2ncc(N)s2)c(OCC)c1. The molecule has 6 nitrogen and oxygen atoms in total. The van der Waals surface area contributed by atoms with Gasteiger partial charge >= 0.3 is 0 Å². The first-order chi connectivity index (χ1) is 11.1. The summed E-state index contributed by atoms with van der Waals surface area (Å²) < 4.78 is 5.61. The summed E-state index contributed by atoms with van der Waals surface area (Å²) in [6.45, 7) is 5.42. The van der Waals surface area contributed by atoms with Gasteiger partial charge in [0.2, 0.25) is 0 Å². The molecule has 0 atom stereocenters. The number of benzene rings is 1. The van der Waals surface area contributed by atoms with Crippen molar-refractivity contribution >= 4 is 33.1 Å². The number of carbonyl (C=O) groups is 1. The number of nitrogens with zero attached hydrogens (tertiary/aromatic N) is 1. The molecule has 1 amide bonds. The molecule has 0 saturated heterocycles. The number of hydrogen-bond acceptors (Lipinski definition) is 6. The summed E-state index contributed by atoms with van der Waals surface area (Å²) in [4.78, 5) is 16.4. The molecule has 0 saturated carbocycles. The largest absolute Gasteiger partial charge is 0.493 e. The van der Waals surface area contributed by atoms with Gasteiger partial charge in [-0.3, -0.25) is 10.1 Å². The van der Waals surface area contributed by atoms with Crippen molar-refractivity contribution in [2.45, 2.75) is 26.7 Å². The number of unbranched alkanes of at least 4 members (excludes halogenated alkanes) is 1. The molecule has 0 fully saturated rings. The van der Waals surface area contributed by atoms with E-state index in [0.717, 1.165) is 25.1 Å². The summed E-state index contributed by atoms with van der Waals surface area (Å²) in [7, 11) is 0. The van der Waals surface area contributed by atoms with Crippen LogP contribution in [0, 0.1) is 0 Å². The van der Waals surface area contributed by atoms with Crippen LogP contribution in [0.15, 0.2) is 24.4 Å². The highest BCUT2D eigenvalue weighted by atomic mass is 32.1. The molecule has 4 N–H and O–H groups in total. The Hall–Kier alpha value is -2.28. The van der Waals surface area contributed by atoms with Crippen molar-refractivity contribution < 1.29 is 9.53 Å². The Labute approximate surface area is 140 Å². The van der Waals surface area contributed by atoms with Crippen molar-refractivity contribution in [2.24, 2.45) is 0 Å². The predicted octanol–water partition coefficient (Wildman–Crippen LogP) is 3.59. The van der Waals surface area contributed by atoms with Gasteiger partial charge in [0.25, 0.3) is 5.91 Å². The minimum absolute atomic E-state index is 0.261. The van der Waals surface area contributed by atoms with Gasteiger partial charge in [0, 0.05) is 18.3 Å². The summed E-state index contributed by atoms with van der Waals surface area (Å²) in [5.41, 5.74) is 7.04. The molecule has 0 aliphatic rings. The zero-order chi connectivity index (χ0) is 16.7. The molecule has 1 aromatic carbocycles. The van der Waals surface area contributed by atoms with Crippen LogP contribution in [0.3, 0.4) is 0 Å². The van der Waals surface area contributed by atoms with E-state index in [2.05, 4.69) is 22.5 Å². The molecule has 0 bridgehead atoms. The molecule has 1 heterocycles. The normalized spacial score (nSPS) is 10.3. The second kappa shape index (κ2) is 8.38. The van der Waals surface area contributed by atoms with Crippen LogP contribution in [0.4, 0.5) is 15.8 Å². The maximum atomic E-state index is 12.4. The monoisotopic (exact) mass is 334 g/mol. The zero-order valence-corrected chi connectivity index (χ0v) is 14.2. The highest BCUT2D eigenvalue weighted by molar-refractivity contribution is 7.19. The van der Waals surface area contributed by atoms with Gasteiger partial charge in [-0.15, -0.1) is 0 Å². The molecule has 124 valence electrons. The van der Waals surface area contributed by atoms with Gasteiger partial charge in [0.15, 0.2) is 5.13 Å². The Kier molecular flexibility index (Phi) is 6.22.